The van der Waals surface area contributed by atoms with Crippen LogP contribution in [-0.4, -0.2) is 18.8 Å². The summed E-state index contributed by atoms with van der Waals surface area (Å²) in [6.07, 6.45) is 0.953. The molecule has 0 saturated carbocycles. The molecule has 0 saturated heterocycles. The average molecular weight is 320 g/mol. The predicted molar refractivity (Wildman–Crippen MR) is 92.8 cm³/mol. The zero-order chi connectivity index (χ0) is 16.5. The van der Waals surface area contributed by atoms with E-state index in [-0.39, 0.29) is 0 Å². The molecule has 4 heteroatoms. The fraction of sp³-hybridized carbons (Fsp3) is 0.250. The first kappa shape index (κ1) is 15.0. The van der Waals surface area contributed by atoms with Crippen LogP contribution < -0.4 is 20.6 Å². The van der Waals surface area contributed by atoms with Gasteiger partial charge in [-0.2, -0.15) is 0 Å². The van der Waals surface area contributed by atoms with Gasteiger partial charge in [-0.1, -0.05) is 30.3 Å². The normalized spacial score (nSPS) is 16.8. The van der Waals surface area contributed by atoms with E-state index in [1.807, 2.05) is 42.5 Å². The summed E-state index contributed by atoms with van der Waals surface area (Å²) in [5.41, 5.74) is 4.20. The van der Waals surface area contributed by atoms with Gasteiger partial charge in [-0.25, -0.2) is 4.99 Å². The van der Waals surface area contributed by atoms with Crippen molar-refractivity contribution in [2.75, 3.05) is 13.7 Å². The summed E-state index contributed by atoms with van der Waals surface area (Å²) in [4.78, 5) is 4.80. The van der Waals surface area contributed by atoms with Gasteiger partial charge >= 0.3 is 0 Å². The number of aliphatic hydroxyl groups excluding tert-OH is 1. The van der Waals surface area contributed by atoms with Crippen LogP contribution in [0.3, 0.4) is 0 Å². The third-order valence-corrected chi connectivity index (χ3v) is 4.63. The van der Waals surface area contributed by atoms with Crippen LogP contribution in [0.1, 0.15) is 24.5 Å². The molecular formula is C20H20N2O2. The van der Waals surface area contributed by atoms with Gasteiger partial charge in [-0.3, -0.25) is 0 Å². The third kappa shape index (κ3) is 2.59. The highest BCUT2D eigenvalue weighted by atomic mass is 16.5. The second-order valence-corrected chi connectivity index (χ2v) is 6.11. The van der Waals surface area contributed by atoms with Gasteiger partial charge in [-0.15, -0.1) is 0 Å². The third-order valence-electron chi connectivity index (χ3n) is 4.63. The number of nitrogens with zero attached hydrogens (tertiary/aromatic N) is 1. The number of allylic oxidation sites excluding steroid dienone is 1. The van der Waals surface area contributed by atoms with Gasteiger partial charge in [0.2, 0.25) is 0 Å². The number of benzene rings is 2. The lowest BCUT2D eigenvalue weighted by molar-refractivity contribution is 0.175. The Hall–Kier alpha value is -2.59. The lowest BCUT2D eigenvalue weighted by atomic mass is 9.97. The van der Waals surface area contributed by atoms with Crippen molar-refractivity contribution in [3.8, 4) is 5.75 Å². The number of rotatable bonds is 4. The molecule has 0 aromatic heterocycles. The summed E-state index contributed by atoms with van der Waals surface area (Å²) < 4.78 is 5.30. The van der Waals surface area contributed by atoms with Gasteiger partial charge in [-0.05, 0) is 29.7 Å². The molecule has 1 atom stereocenters. The largest absolute Gasteiger partial charge is 0.497 e. The topological polar surface area (TPSA) is 53.9 Å². The second-order valence-electron chi connectivity index (χ2n) is 6.11. The van der Waals surface area contributed by atoms with Crippen LogP contribution in [0, 0.1) is 0 Å². The van der Waals surface area contributed by atoms with Crippen LogP contribution in [0.4, 0.5) is 0 Å². The van der Waals surface area contributed by atoms with Crippen molar-refractivity contribution in [2.45, 2.75) is 18.9 Å². The van der Waals surface area contributed by atoms with Crippen molar-refractivity contribution in [1.82, 2.24) is 5.32 Å². The van der Waals surface area contributed by atoms with E-state index in [2.05, 4.69) is 11.4 Å². The van der Waals surface area contributed by atoms with E-state index in [0.717, 1.165) is 41.0 Å². The molecule has 24 heavy (non-hydrogen) atoms. The predicted octanol–water partition coefficient (Wildman–Crippen LogP) is 1.81. The molecule has 0 aliphatic carbocycles. The lowest BCUT2D eigenvalue weighted by Gasteiger charge is -2.22. The molecule has 2 aromatic rings. The van der Waals surface area contributed by atoms with Crippen LogP contribution in [0.2, 0.25) is 0 Å². The van der Waals surface area contributed by atoms with E-state index >= 15 is 0 Å². The van der Waals surface area contributed by atoms with Crippen molar-refractivity contribution in [1.29, 1.82) is 0 Å². The van der Waals surface area contributed by atoms with Crippen molar-refractivity contribution >= 4 is 5.57 Å². The van der Waals surface area contributed by atoms with Gasteiger partial charge in [0.15, 0.2) is 0 Å². The average Bonchev–Trinajstić information content (AvgIpc) is 3.01. The molecule has 0 amide bonds. The van der Waals surface area contributed by atoms with Crippen LogP contribution >= 0.6 is 0 Å². The molecule has 122 valence electrons. The fourth-order valence-electron chi connectivity index (χ4n) is 3.38. The van der Waals surface area contributed by atoms with Crippen LogP contribution in [0.5, 0.6) is 5.75 Å². The second kappa shape index (κ2) is 6.13. The number of aliphatic hydroxyl groups is 1. The quantitative estimate of drug-likeness (QED) is 0.903. The minimum atomic E-state index is -0.533. The Bertz CT molecular complexity index is 916. The van der Waals surface area contributed by atoms with Crippen LogP contribution in [-0.2, 0) is 0 Å². The SMILES string of the molecule is COc1ccc2c(c1)=NC1=C(CC(O)c3ccccc3)NCCC=21. The molecule has 0 radical (unpaired) electrons. The molecule has 0 fully saturated rings. The smallest absolute Gasteiger partial charge is 0.121 e. The Labute approximate surface area is 140 Å². The highest BCUT2D eigenvalue weighted by Crippen LogP contribution is 2.30. The number of nitrogens with one attached hydrogen (secondary N) is 1. The number of fused-ring (bicyclic) bond motifs is 2. The molecule has 0 spiro atoms. The van der Waals surface area contributed by atoms with E-state index in [1.165, 1.54) is 10.8 Å². The highest BCUT2D eigenvalue weighted by molar-refractivity contribution is 5.69. The standard InChI is InChI=1S/C20H20N2O2/c1-24-14-7-8-15-16-9-10-21-18(20(16)22-17(15)11-14)12-19(23)13-5-3-2-4-6-13/h2-8,11,19,21,23H,9-10,12H2,1H3. The van der Waals surface area contributed by atoms with Gasteiger partial charge < -0.3 is 15.2 Å². The molecule has 2 aliphatic heterocycles. The van der Waals surface area contributed by atoms with E-state index in [1.54, 1.807) is 7.11 Å². The molecule has 4 rings (SSSR count). The molecule has 4 nitrogen and oxygen atoms in total. The molecule has 2 N–H and O–H groups in total. The zero-order valence-electron chi connectivity index (χ0n) is 13.6. The first-order valence-corrected chi connectivity index (χ1v) is 8.22. The van der Waals surface area contributed by atoms with Crippen LogP contribution in [0.15, 0.2) is 64.9 Å². The maximum atomic E-state index is 10.5. The van der Waals surface area contributed by atoms with Crippen molar-refractivity contribution in [3.05, 3.63) is 76.1 Å². The minimum Gasteiger partial charge on any atom is -0.497 e. The summed E-state index contributed by atoms with van der Waals surface area (Å²) in [6.45, 7) is 0.872. The Morgan fingerprint density at radius 2 is 2.04 bits per heavy atom. The first-order chi connectivity index (χ1) is 11.8. The summed E-state index contributed by atoms with van der Waals surface area (Å²) in [5.74, 6) is 0.816. The summed E-state index contributed by atoms with van der Waals surface area (Å²) in [5, 5.41) is 16.1. The van der Waals surface area contributed by atoms with Gasteiger partial charge in [0.05, 0.1) is 24.3 Å². The fourth-order valence-corrected chi connectivity index (χ4v) is 3.38. The molecule has 2 heterocycles. The monoisotopic (exact) mass is 320 g/mol. The van der Waals surface area contributed by atoms with Crippen molar-refractivity contribution < 1.29 is 9.84 Å². The number of methoxy groups -OCH3 is 1. The van der Waals surface area contributed by atoms with E-state index < -0.39 is 6.10 Å². The van der Waals surface area contributed by atoms with Gasteiger partial charge in [0.1, 0.15) is 5.75 Å². The molecule has 2 aromatic carbocycles. The van der Waals surface area contributed by atoms with E-state index in [0.29, 0.717) is 6.42 Å². The van der Waals surface area contributed by atoms with Gasteiger partial charge in [0, 0.05) is 29.9 Å². The highest BCUT2D eigenvalue weighted by Gasteiger charge is 2.23. The Morgan fingerprint density at radius 3 is 2.83 bits per heavy atom. The first-order valence-electron chi connectivity index (χ1n) is 8.22. The number of hydrogen-bond donors (Lipinski definition) is 2. The van der Waals surface area contributed by atoms with E-state index in [4.69, 9.17) is 9.73 Å². The minimum absolute atomic E-state index is 0.533. The maximum absolute atomic E-state index is 10.5. The molecule has 1 unspecified atom stereocenters. The summed E-state index contributed by atoms with van der Waals surface area (Å²) in [6, 6.07) is 15.8. The van der Waals surface area contributed by atoms with Crippen LogP contribution in [0.25, 0.3) is 5.57 Å². The lowest BCUT2D eigenvalue weighted by Crippen LogP contribution is -2.27. The molecule has 0 bridgehead atoms. The Morgan fingerprint density at radius 1 is 1.21 bits per heavy atom. The van der Waals surface area contributed by atoms with Crippen molar-refractivity contribution in [3.63, 3.8) is 0 Å². The molecule has 2 aliphatic rings. The number of hydrogen-bond acceptors (Lipinski definition) is 4. The van der Waals surface area contributed by atoms with Crippen molar-refractivity contribution in [2.24, 2.45) is 4.99 Å². The summed E-state index contributed by atoms with van der Waals surface area (Å²) >= 11 is 0. The van der Waals surface area contributed by atoms with E-state index in [9.17, 15) is 5.11 Å². The number of ether oxygens (including phenoxy) is 1. The summed E-state index contributed by atoms with van der Waals surface area (Å²) in [7, 11) is 1.67. The van der Waals surface area contributed by atoms with Gasteiger partial charge in [0.25, 0.3) is 0 Å². The Balaban J connectivity index is 1.73. The zero-order valence-corrected chi connectivity index (χ0v) is 13.6. The maximum Gasteiger partial charge on any atom is 0.121 e. The Kier molecular flexibility index (Phi) is 3.82. The molecular weight excluding hydrogens is 300 g/mol.